The number of benzene rings is 3. The molecule has 3 rings (SSSR count). The van der Waals surface area contributed by atoms with Gasteiger partial charge >= 0.3 is 0 Å². The molecule has 0 aliphatic carbocycles. The van der Waals surface area contributed by atoms with E-state index in [0.29, 0.717) is 5.75 Å². The second-order valence-electron chi connectivity index (χ2n) is 5.09. The van der Waals surface area contributed by atoms with E-state index in [2.05, 4.69) is 5.32 Å². The molecule has 1 amide bonds. The van der Waals surface area contributed by atoms with Crippen LogP contribution in [0.15, 0.2) is 66.7 Å². The highest BCUT2D eigenvalue weighted by Crippen LogP contribution is 2.27. The van der Waals surface area contributed by atoms with Crippen LogP contribution in [0.3, 0.4) is 0 Å². The van der Waals surface area contributed by atoms with Crippen LogP contribution in [-0.2, 0) is 0 Å². The molecule has 0 aromatic heterocycles. The van der Waals surface area contributed by atoms with Crippen molar-refractivity contribution in [2.24, 2.45) is 0 Å². The highest BCUT2D eigenvalue weighted by molar-refractivity contribution is 6.06. The Hall–Kier alpha value is -3.28. The first-order valence-corrected chi connectivity index (χ1v) is 7.33. The van der Waals surface area contributed by atoms with Gasteiger partial charge < -0.3 is 10.1 Å². The smallest absolute Gasteiger partial charge is 0.259 e. The molecule has 3 aromatic rings. The molecule has 3 nitrogen and oxygen atoms in total. The zero-order chi connectivity index (χ0) is 17.8. The predicted octanol–water partition coefficient (Wildman–Crippen LogP) is 5.15. The van der Waals surface area contributed by atoms with E-state index >= 15 is 0 Å². The van der Waals surface area contributed by atoms with E-state index in [1.165, 1.54) is 6.07 Å². The number of hydrogen-bond acceptors (Lipinski definition) is 2. The number of rotatable bonds is 4. The molecule has 0 atom stereocenters. The minimum atomic E-state index is -1.65. The monoisotopic (exact) mass is 343 g/mol. The molecule has 0 radical (unpaired) electrons. The maximum atomic E-state index is 13.7. The number of hydrogen-bond donors (Lipinski definition) is 1. The molecule has 0 aliphatic rings. The first kappa shape index (κ1) is 16.6. The van der Waals surface area contributed by atoms with Crippen LogP contribution < -0.4 is 10.1 Å². The van der Waals surface area contributed by atoms with E-state index in [1.54, 1.807) is 42.5 Å². The first-order chi connectivity index (χ1) is 12.1. The van der Waals surface area contributed by atoms with E-state index < -0.39 is 29.0 Å². The fourth-order valence-corrected chi connectivity index (χ4v) is 2.17. The molecule has 0 fully saturated rings. The maximum absolute atomic E-state index is 13.7. The van der Waals surface area contributed by atoms with Gasteiger partial charge in [-0.25, -0.2) is 13.2 Å². The summed E-state index contributed by atoms with van der Waals surface area (Å²) < 4.78 is 45.6. The van der Waals surface area contributed by atoms with Gasteiger partial charge in [0, 0.05) is 0 Å². The maximum Gasteiger partial charge on any atom is 0.259 e. The highest BCUT2D eigenvalue weighted by Gasteiger charge is 2.18. The molecule has 1 N–H and O–H groups in total. The van der Waals surface area contributed by atoms with Crippen LogP contribution in [0.25, 0.3) is 0 Å². The Labute approximate surface area is 141 Å². The minimum absolute atomic E-state index is 0.121. The van der Waals surface area contributed by atoms with Gasteiger partial charge in [-0.05, 0) is 36.4 Å². The Kier molecular flexibility index (Phi) is 4.70. The minimum Gasteiger partial charge on any atom is -0.457 e. The average molecular weight is 343 g/mol. The summed E-state index contributed by atoms with van der Waals surface area (Å²) in [5, 5.41) is 2.22. The standard InChI is InChI=1S/C19H12F3NO2/c20-14-10-11-15(18(22)17(14)21)23-19(24)13-8-4-5-9-16(13)25-12-6-2-1-3-7-12/h1-11H,(H,23,24). The molecular weight excluding hydrogens is 331 g/mol. The molecule has 3 aromatic carbocycles. The van der Waals surface area contributed by atoms with E-state index in [1.807, 2.05) is 6.07 Å². The van der Waals surface area contributed by atoms with E-state index in [4.69, 9.17) is 4.74 Å². The molecular formula is C19H12F3NO2. The largest absolute Gasteiger partial charge is 0.457 e. The van der Waals surface area contributed by atoms with Crippen molar-refractivity contribution < 1.29 is 22.7 Å². The normalized spacial score (nSPS) is 10.4. The van der Waals surface area contributed by atoms with Crippen molar-refractivity contribution in [3.05, 3.63) is 89.7 Å². The third-order valence-electron chi connectivity index (χ3n) is 3.39. The van der Waals surface area contributed by atoms with Gasteiger partial charge in [-0.1, -0.05) is 30.3 Å². The predicted molar refractivity (Wildman–Crippen MR) is 87.2 cm³/mol. The number of halogens is 3. The van der Waals surface area contributed by atoms with Crippen LogP contribution in [0.2, 0.25) is 0 Å². The summed E-state index contributed by atoms with van der Waals surface area (Å²) in [5.41, 5.74) is -0.339. The second kappa shape index (κ2) is 7.09. The van der Waals surface area contributed by atoms with Gasteiger partial charge in [0.15, 0.2) is 17.5 Å². The SMILES string of the molecule is O=C(Nc1ccc(F)c(F)c1F)c1ccccc1Oc1ccccc1. The first-order valence-electron chi connectivity index (χ1n) is 7.33. The van der Waals surface area contributed by atoms with Gasteiger partial charge in [-0.15, -0.1) is 0 Å². The molecule has 126 valence electrons. The molecule has 0 aliphatic heterocycles. The zero-order valence-electron chi connectivity index (χ0n) is 12.8. The number of nitrogens with one attached hydrogen (secondary N) is 1. The quantitative estimate of drug-likeness (QED) is 0.666. The average Bonchev–Trinajstić information content (AvgIpc) is 2.63. The van der Waals surface area contributed by atoms with Crippen LogP contribution in [0.4, 0.5) is 18.9 Å². The summed E-state index contributed by atoms with van der Waals surface area (Å²) in [6, 6.07) is 16.8. The van der Waals surface area contributed by atoms with Gasteiger partial charge in [-0.2, -0.15) is 0 Å². The molecule has 0 unspecified atom stereocenters. The second-order valence-corrected chi connectivity index (χ2v) is 5.09. The Bertz CT molecular complexity index is 914. The van der Waals surface area contributed by atoms with Crippen molar-refractivity contribution in [2.75, 3.05) is 5.32 Å². The van der Waals surface area contributed by atoms with E-state index in [-0.39, 0.29) is 11.3 Å². The third-order valence-corrected chi connectivity index (χ3v) is 3.39. The summed E-state index contributed by atoms with van der Waals surface area (Å²) >= 11 is 0. The third kappa shape index (κ3) is 3.63. The molecule has 0 spiro atoms. The molecule has 0 heterocycles. The van der Waals surface area contributed by atoms with Crippen molar-refractivity contribution >= 4 is 11.6 Å². The number of amides is 1. The Morgan fingerprint density at radius 1 is 0.800 bits per heavy atom. The van der Waals surface area contributed by atoms with E-state index in [0.717, 1.165) is 12.1 Å². The molecule has 0 saturated carbocycles. The number of carbonyl (C=O) groups excluding carboxylic acids is 1. The summed E-state index contributed by atoms with van der Waals surface area (Å²) in [6.45, 7) is 0. The van der Waals surface area contributed by atoms with Crippen molar-refractivity contribution in [3.8, 4) is 11.5 Å². The Morgan fingerprint density at radius 2 is 1.48 bits per heavy atom. The fraction of sp³-hybridized carbons (Fsp3) is 0. The lowest BCUT2D eigenvalue weighted by Crippen LogP contribution is -2.14. The lowest BCUT2D eigenvalue weighted by molar-refractivity contribution is 0.102. The lowest BCUT2D eigenvalue weighted by Gasteiger charge is -2.12. The summed E-state index contributed by atoms with van der Waals surface area (Å²) in [6.07, 6.45) is 0. The highest BCUT2D eigenvalue weighted by atomic mass is 19.2. The molecule has 25 heavy (non-hydrogen) atoms. The van der Waals surface area contributed by atoms with Crippen molar-refractivity contribution in [1.82, 2.24) is 0 Å². The zero-order valence-corrected chi connectivity index (χ0v) is 12.8. The van der Waals surface area contributed by atoms with Crippen LogP contribution in [0, 0.1) is 17.5 Å². The topological polar surface area (TPSA) is 38.3 Å². The van der Waals surface area contributed by atoms with Crippen molar-refractivity contribution in [3.63, 3.8) is 0 Å². The van der Waals surface area contributed by atoms with E-state index in [9.17, 15) is 18.0 Å². The van der Waals surface area contributed by atoms with Crippen molar-refractivity contribution in [1.29, 1.82) is 0 Å². The Morgan fingerprint density at radius 3 is 2.24 bits per heavy atom. The number of anilines is 1. The van der Waals surface area contributed by atoms with Gasteiger partial charge in [-0.3, -0.25) is 4.79 Å². The molecule has 6 heteroatoms. The van der Waals surface area contributed by atoms with Crippen LogP contribution in [-0.4, -0.2) is 5.91 Å². The van der Waals surface area contributed by atoms with Gasteiger partial charge in [0.1, 0.15) is 11.5 Å². The van der Waals surface area contributed by atoms with Gasteiger partial charge in [0.05, 0.1) is 11.3 Å². The van der Waals surface area contributed by atoms with Gasteiger partial charge in [0.25, 0.3) is 5.91 Å². The Balaban J connectivity index is 1.87. The number of para-hydroxylation sites is 2. The summed E-state index contributed by atoms with van der Waals surface area (Å²) in [7, 11) is 0. The number of carbonyl (C=O) groups is 1. The molecule has 0 bridgehead atoms. The summed E-state index contributed by atoms with van der Waals surface area (Å²) in [4.78, 5) is 12.4. The van der Waals surface area contributed by atoms with Crippen LogP contribution in [0.1, 0.15) is 10.4 Å². The lowest BCUT2D eigenvalue weighted by atomic mass is 10.1. The van der Waals surface area contributed by atoms with Crippen LogP contribution >= 0.6 is 0 Å². The van der Waals surface area contributed by atoms with Gasteiger partial charge in [0.2, 0.25) is 0 Å². The number of ether oxygens (including phenoxy) is 1. The fourth-order valence-electron chi connectivity index (χ4n) is 2.17. The summed E-state index contributed by atoms with van der Waals surface area (Å²) in [5.74, 6) is -4.39. The molecule has 0 saturated heterocycles. The van der Waals surface area contributed by atoms with Crippen LogP contribution in [0.5, 0.6) is 11.5 Å². The van der Waals surface area contributed by atoms with Crippen molar-refractivity contribution in [2.45, 2.75) is 0 Å².